The van der Waals surface area contributed by atoms with E-state index in [2.05, 4.69) is 39.9 Å². The molecule has 0 unspecified atom stereocenters. The summed E-state index contributed by atoms with van der Waals surface area (Å²) in [5.74, 6) is 1.24. The van der Waals surface area contributed by atoms with E-state index >= 15 is 0 Å². The Labute approximate surface area is 165 Å². The minimum atomic E-state index is 0.212. The molecule has 5 nitrogen and oxygen atoms in total. The monoisotopic (exact) mass is 382 g/mol. The number of benzene rings is 1. The number of nitrogens with zero attached hydrogens (tertiary/aromatic N) is 4. The third-order valence-electron chi connectivity index (χ3n) is 5.25. The second kappa shape index (κ2) is 8.31. The van der Waals surface area contributed by atoms with E-state index in [1.54, 1.807) is 0 Å². The number of aromatic nitrogens is 1. The highest BCUT2D eigenvalue weighted by Gasteiger charge is 2.26. The Morgan fingerprint density at radius 1 is 1.07 bits per heavy atom. The van der Waals surface area contributed by atoms with Crippen LogP contribution in [-0.2, 0) is 4.79 Å². The molecule has 1 fully saturated rings. The Morgan fingerprint density at radius 2 is 1.85 bits per heavy atom. The molecule has 0 radical (unpaired) electrons. The van der Waals surface area contributed by atoms with Gasteiger partial charge in [0, 0.05) is 49.1 Å². The van der Waals surface area contributed by atoms with Crippen LogP contribution in [0.4, 0.5) is 11.5 Å². The van der Waals surface area contributed by atoms with Gasteiger partial charge in [-0.2, -0.15) is 0 Å². The number of piperazine rings is 1. The maximum absolute atomic E-state index is 13.1. The molecule has 0 saturated carbocycles. The van der Waals surface area contributed by atoms with Crippen molar-refractivity contribution in [1.29, 1.82) is 0 Å². The molecular formula is C21H26N4OS. The average molecular weight is 383 g/mol. The summed E-state index contributed by atoms with van der Waals surface area (Å²) in [6.07, 6.45) is 2.86. The lowest BCUT2D eigenvalue weighted by atomic mass is 10.2. The van der Waals surface area contributed by atoms with E-state index in [0.29, 0.717) is 11.8 Å². The number of anilines is 2. The highest BCUT2D eigenvalue weighted by molar-refractivity contribution is 8.00. The SMILES string of the molecule is C[C@H]1CCN(C(=O)CN2CCN(c3ccccn3)CC2)c2ccccc2S1. The number of carbonyl (C=O) groups is 1. The molecule has 1 aromatic heterocycles. The second-order valence-corrected chi connectivity index (χ2v) is 8.66. The van der Waals surface area contributed by atoms with Gasteiger partial charge in [0.05, 0.1) is 12.2 Å². The molecule has 1 atom stereocenters. The molecule has 4 rings (SSSR count). The number of amides is 1. The van der Waals surface area contributed by atoms with Crippen molar-refractivity contribution in [2.75, 3.05) is 49.1 Å². The molecule has 3 heterocycles. The summed E-state index contributed by atoms with van der Waals surface area (Å²) >= 11 is 1.88. The molecule has 142 valence electrons. The minimum Gasteiger partial charge on any atom is -0.354 e. The van der Waals surface area contributed by atoms with Gasteiger partial charge in [-0.3, -0.25) is 9.69 Å². The first kappa shape index (κ1) is 18.3. The molecule has 0 aliphatic carbocycles. The van der Waals surface area contributed by atoms with Gasteiger partial charge in [0.2, 0.25) is 5.91 Å². The second-order valence-electron chi connectivity index (χ2n) is 7.18. The zero-order valence-corrected chi connectivity index (χ0v) is 16.6. The van der Waals surface area contributed by atoms with E-state index in [0.717, 1.165) is 50.6 Å². The van der Waals surface area contributed by atoms with Crippen molar-refractivity contribution in [1.82, 2.24) is 9.88 Å². The van der Waals surface area contributed by atoms with E-state index in [-0.39, 0.29) is 5.91 Å². The fourth-order valence-electron chi connectivity index (χ4n) is 3.70. The number of fused-ring (bicyclic) bond motifs is 1. The van der Waals surface area contributed by atoms with Gasteiger partial charge in [-0.25, -0.2) is 4.98 Å². The predicted molar refractivity (Wildman–Crippen MR) is 112 cm³/mol. The summed E-state index contributed by atoms with van der Waals surface area (Å²) in [5, 5.41) is 0.533. The van der Waals surface area contributed by atoms with Gasteiger partial charge in [-0.1, -0.05) is 25.1 Å². The maximum atomic E-state index is 13.1. The average Bonchev–Trinajstić information content (AvgIpc) is 2.87. The number of pyridine rings is 1. The number of hydrogen-bond donors (Lipinski definition) is 0. The molecule has 27 heavy (non-hydrogen) atoms. The van der Waals surface area contributed by atoms with E-state index < -0.39 is 0 Å². The summed E-state index contributed by atoms with van der Waals surface area (Å²) in [6.45, 7) is 7.14. The zero-order valence-electron chi connectivity index (χ0n) is 15.8. The van der Waals surface area contributed by atoms with Crippen LogP contribution < -0.4 is 9.80 Å². The molecule has 2 aromatic rings. The third-order valence-corrected chi connectivity index (χ3v) is 6.49. The van der Waals surface area contributed by atoms with Crippen molar-refractivity contribution >= 4 is 29.2 Å². The molecule has 0 N–H and O–H groups in total. The van der Waals surface area contributed by atoms with Gasteiger partial charge in [-0.15, -0.1) is 11.8 Å². The largest absolute Gasteiger partial charge is 0.354 e. The predicted octanol–water partition coefficient (Wildman–Crippen LogP) is 3.12. The van der Waals surface area contributed by atoms with Crippen LogP contribution in [0.25, 0.3) is 0 Å². The van der Waals surface area contributed by atoms with E-state index in [9.17, 15) is 4.79 Å². The van der Waals surface area contributed by atoms with Crippen molar-refractivity contribution in [2.45, 2.75) is 23.5 Å². The summed E-state index contributed by atoms with van der Waals surface area (Å²) < 4.78 is 0. The molecule has 0 spiro atoms. The summed E-state index contributed by atoms with van der Waals surface area (Å²) in [7, 11) is 0. The van der Waals surface area contributed by atoms with Gasteiger partial charge in [-0.05, 0) is 30.7 Å². The van der Waals surface area contributed by atoms with Crippen LogP contribution in [-0.4, -0.2) is 60.3 Å². The van der Waals surface area contributed by atoms with Crippen LogP contribution >= 0.6 is 11.8 Å². The smallest absolute Gasteiger partial charge is 0.241 e. The van der Waals surface area contributed by atoms with E-state index in [1.807, 2.05) is 47.1 Å². The highest BCUT2D eigenvalue weighted by atomic mass is 32.2. The summed E-state index contributed by atoms with van der Waals surface area (Å²) in [5.41, 5.74) is 1.07. The number of para-hydroxylation sites is 1. The molecule has 6 heteroatoms. The van der Waals surface area contributed by atoms with Crippen LogP contribution in [0.3, 0.4) is 0 Å². The van der Waals surface area contributed by atoms with E-state index in [1.165, 1.54) is 4.90 Å². The fraction of sp³-hybridized carbons (Fsp3) is 0.429. The number of carbonyl (C=O) groups excluding carboxylic acids is 1. The van der Waals surface area contributed by atoms with E-state index in [4.69, 9.17) is 0 Å². The minimum absolute atomic E-state index is 0.212. The topological polar surface area (TPSA) is 39.7 Å². The number of rotatable bonds is 3. The van der Waals surface area contributed by atoms with Crippen molar-refractivity contribution < 1.29 is 4.79 Å². The van der Waals surface area contributed by atoms with Crippen LogP contribution in [0.15, 0.2) is 53.6 Å². The number of hydrogen-bond acceptors (Lipinski definition) is 5. The Morgan fingerprint density at radius 3 is 2.63 bits per heavy atom. The molecule has 1 aromatic carbocycles. The third kappa shape index (κ3) is 4.28. The molecule has 1 saturated heterocycles. The van der Waals surface area contributed by atoms with Gasteiger partial charge in [0.1, 0.15) is 5.82 Å². The lowest BCUT2D eigenvalue weighted by Crippen LogP contribution is -2.50. The first-order valence-electron chi connectivity index (χ1n) is 9.65. The summed E-state index contributed by atoms with van der Waals surface area (Å²) in [6, 6.07) is 14.3. The fourth-order valence-corrected chi connectivity index (χ4v) is 4.81. The van der Waals surface area contributed by atoms with Crippen molar-refractivity contribution in [3.8, 4) is 0 Å². The molecule has 1 amide bonds. The van der Waals surface area contributed by atoms with Gasteiger partial charge in [0.15, 0.2) is 0 Å². The van der Waals surface area contributed by atoms with Crippen molar-refractivity contribution in [3.63, 3.8) is 0 Å². The maximum Gasteiger partial charge on any atom is 0.241 e. The quantitative estimate of drug-likeness (QED) is 0.816. The lowest BCUT2D eigenvalue weighted by Gasteiger charge is -2.36. The molecule has 2 aliphatic heterocycles. The Hall–Kier alpha value is -2.05. The first-order valence-corrected chi connectivity index (χ1v) is 10.5. The van der Waals surface area contributed by atoms with Crippen molar-refractivity contribution in [2.24, 2.45) is 0 Å². The lowest BCUT2D eigenvalue weighted by molar-refractivity contribution is -0.119. The molecular weight excluding hydrogens is 356 g/mol. The van der Waals surface area contributed by atoms with Crippen molar-refractivity contribution in [3.05, 3.63) is 48.7 Å². The Bertz CT molecular complexity index is 777. The number of thioether (sulfide) groups is 1. The standard InChI is InChI=1S/C21H26N4OS/c1-17-9-11-25(18-6-2-3-7-19(18)27-17)21(26)16-23-12-14-24(15-13-23)20-8-4-5-10-22-20/h2-8,10,17H,9,11-16H2,1H3/t17-/m0/s1. The Balaban J connectivity index is 1.39. The van der Waals surface area contributed by atoms with Gasteiger partial charge >= 0.3 is 0 Å². The van der Waals surface area contributed by atoms with Crippen LogP contribution in [0.2, 0.25) is 0 Å². The molecule has 2 aliphatic rings. The summed E-state index contributed by atoms with van der Waals surface area (Å²) in [4.78, 5) is 25.3. The van der Waals surface area contributed by atoms with Crippen LogP contribution in [0.1, 0.15) is 13.3 Å². The van der Waals surface area contributed by atoms with Gasteiger partial charge in [0.25, 0.3) is 0 Å². The zero-order chi connectivity index (χ0) is 18.6. The van der Waals surface area contributed by atoms with Crippen LogP contribution in [0.5, 0.6) is 0 Å². The van der Waals surface area contributed by atoms with Gasteiger partial charge < -0.3 is 9.80 Å². The first-order chi connectivity index (χ1) is 13.2. The molecule has 0 bridgehead atoms. The van der Waals surface area contributed by atoms with Crippen LogP contribution in [0, 0.1) is 0 Å². The Kier molecular flexibility index (Phi) is 5.64. The normalized spacial score (nSPS) is 20.9. The highest BCUT2D eigenvalue weighted by Crippen LogP contribution is 2.37.